The second-order valence-corrected chi connectivity index (χ2v) is 4.21. The molecule has 1 aromatic carbocycles. The fourth-order valence-electron chi connectivity index (χ4n) is 1.77. The molecule has 0 spiro atoms. The second kappa shape index (κ2) is 5.87. The summed E-state index contributed by atoms with van der Waals surface area (Å²) in [6.07, 6.45) is 0. The minimum absolute atomic E-state index is 0.115. The average Bonchev–Trinajstić information content (AvgIpc) is 2.30. The van der Waals surface area contributed by atoms with Gasteiger partial charge in [-0.25, -0.2) is 0 Å². The smallest absolute Gasteiger partial charge is 0.119 e. The standard InChI is InChI=1S/C13H21NO2/c1-4-16-12-7-5-6-11(8-12)13(2,10-15)9-14-3/h5-8,14-15H,4,9-10H2,1-3H3. The molecular weight excluding hydrogens is 202 g/mol. The highest BCUT2D eigenvalue weighted by molar-refractivity contribution is 5.34. The van der Waals surface area contributed by atoms with E-state index in [1.807, 2.05) is 45.2 Å². The van der Waals surface area contributed by atoms with E-state index < -0.39 is 0 Å². The van der Waals surface area contributed by atoms with Crippen molar-refractivity contribution >= 4 is 0 Å². The Balaban J connectivity index is 2.96. The van der Waals surface area contributed by atoms with E-state index in [1.54, 1.807) is 0 Å². The SMILES string of the molecule is CCOc1cccc(C(C)(CO)CNC)c1. The van der Waals surface area contributed by atoms with Crippen LogP contribution in [0.3, 0.4) is 0 Å². The highest BCUT2D eigenvalue weighted by Crippen LogP contribution is 2.26. The number of rotatable bonds is 6. The molecule has 0 radical (unpaired) electrons. The van der Waals surface area contributed by atoms with Gasteiger partial charge in [-0.15, -0.1) is 0 Å². The van der Waals surface area contributed by atoms with Gasteiger partial charge >= 0.3 is 0 Å². The first-order valence-electron chi connectivity index (χ1n) is 5.65. The van der Waals surface area contributed by atoms with E-state index in [-0.39, 0.29) is 12.0 Å². The molecule has 3 nitrogen and oxygen atoms in total. The van der Waals surface area contributed by atoms with Crippen LogP contribution in [0, 0.1) is 0 Å². The van der Waals surface area contributed by atoms with Crippen molar-refractivity contribution in [3.8, 4) is 5.75 Å². The number of nitrogens with one attached hydrogen (secondary N) is 1. The van der Waals surface area contributed by atoms with E-state index in [4.69, 9.17) is 4.74 Å². The van der Waals surface area contributed by atoms with E-state index in [0.717, 1.165) is 17.9 Å². The van der Waals surface area contributed by atoms with Crippen LogP contribution in [0.1, 0.15) is 19.4 Å². The van der Waals surface area contributed by atoms with Crippen molar-refractivity contribution in [3.05, 3.63) is 29.8 Å². The van der Waals surface area contributed by atoms with Crippen molar-refractivity contribution in [2.24, 2.45) is 0 Å². The lowest BCUT2D eigenvalue weighted by atomic mass is 9.83. The van der Waals surface area contributed by atoms with E-state index in [0.29, 0.717) is 6.61 Å². The normalized spacial score (nSPS) is 14.5. The lowest BCUT2D eigenvalue weighted by molar-refractivity contribution is 0.203. The predicted molar refractivity (Wildman–Crippen MR) is 66.0 cm³/mol. The van der Waals surface area contributed by atoms with Crippen LogP contribution in [0.2, 0.25) is 0 Å². The molecular formula is C13H21NO2. The number of benzene rings is 1. The molecule has 2 N–H and O–H groups in total. The van der Waals surface area contributed by atoms with Crippen molar-refractivity contribution in [3.63, 3.8) is 0 Å². The monoisotopic (exact) mass is 223 g/mol. The molecule has 16 heavy (non-hydrogen) atoms. The Morgan fingerprint density at radius 3 is 2.75 bits per heavy atom. The zero-order valence-electron chi connectivity index (χ0n) is 10.3. The Bertz CT molecular complexity index is 327. The molecule has 1 atom stereocenters. The Hall–Kier alpha value is -1.06. The minimum atomic E-state index is -0.262. The average molecular weight is 223 g/mol. The van der Waals surface area contributed by atoms with Crippen LogP contribution in [0.5, 0.6) is 5.75 Å². The Kier molecular flexibility index (Phi) is 4.77. The summed E-state index contributed by atoms with van der Waals surface area (Å²) in [6.45, 7) is 5.51. The molecule has 3 heteroatoms. The number of ether oxygens (including phenoxy) is 1. The van der Waals surface area contributed by atoms with E-state index in [2.05, 4.69) is 5.32 Å². The molecule has 1 aromatic rings. The number of aliphatic hydroxyl groups excluding tert-OH is 1. The number of aliphatic hydroxyl groups is 1. The third kappa shape index (κ3) is 2.97. The summed E-state index contributed by atoms with van der Waals surface area (Å²) in [4.78, 5) is 0. The molecule has 1 rings (SSSR count). The fraction of sp³-hybridized carbons (Fsp3) is 0.538. The van der Waals surface area contributed by atoms with Gasteiger partial charge < -0.3 is 15.2 Å². The highest BCUT2D eigenvalue weighted by atomic mass is 16.5. The molecule has 0 amide bonds. The zero-order valence-corrected chi connectivity index (χ0v) is 10.3. The highest BCUT2D eigenvalue weighted by Gasteiger charge is 2.25. The summed E-state index contributed by atoms with van der Waals surface area (Å²) in [6, 6.07) is 7.92. The maximum absolute atomic E-state index is 9.51. The third-order valence-corrected chi connectivity index (χ3v) is 2.76. The number of hydrogen-bond donors (Lipinski definition) is 2. The summed E-state index contributed by atoms with van der Waals surface area (Å²) < 4.78 is 5.46. The first kappa shape index (κ1) is 13.0. The first-order chi connectivity index (χ1) is 7.66. The van der Waals surface area contributed by atoms with Crippen molar-refractivity contribution in [2.45, 2.75) is 19.3 Å². The third-order valence-electron chi connectivity index (χ3n) is 2.76. The fourth-order valence-corrected chi connectivity index (χ4v) is 1.77. The summed E-state index contributed by atoms with van der Waals surface area (Å²) in [5, 5.41) is 12.6. The molecule has 0 bridgehead atoms. The molecule has 0 saturated carbocycles. The lowest BCUT2D eigenvalue weighted by Crippen LogP contribution is -2.37. The Morgan fingerprint density at radius 1 is 1.44 bits per heavy atom. The minimum Gasteiger partial charge on any atom is -0.494 e. The van der Waals surface area contributed by atoms with Gasteiger partial charge in [0, 0.05) is 12.0 Å². The summed E-state index contributed by atoms with van der Waals surface area (Å²) >= 11 is 0. The van der Waals surface area contributed by atoms with Crippen LogP contribution in [0.4, 0.5) is 0 Å². The number of likely N-dealkylation sites (N-methyl/N-ethyl adjacent to an activating group) is 1. The van der Waals surface area contributed by atoms with Gasteiger partial charge in [-0.1, -0.05) is 19.1 Å². The molecule has 0 saturated heterocycles. The van der Waals surface area contributed by atoms with Gasteiger partial charge in [0.15, 0.2) is 0 Å². The van der Waals surface area contributed by atoms with Gasteiger partial charge in [0.2, 0.25) is 0 Å². The lowest BCUT2D eigenvalue weighted by Gasteiger charge is -2.28. The zero-order chi connectivity index (χ0) is 12.0. The van der Waals surface area contributed by atoms with Crippen LogP contribution < -0.4 is 10.1 Å². The van der Waals surface area contributed by atoms with Crippen molar-refractivity contribution < 1.29 is 9.84 Å². The van der Waals surface area contributed by atoms with Gasteiger partial charge in [-0.05, 0) is 31.7 Å². The predicted octanol–water partition coefficient (Wildman–Crippen LogP) is 1.55. The van der Waals surface area contributed by atoms with Crippen LogP contribution in [0.15, 0.2) is 24.3 Å². The second-order valence-electron chi connectivity index (χ2n) is 4.21. The summed E-state index contributed by atoms with van der Waals surface area (Å²) in [5.74, 6) is 0.857. The Morgan fingerprint density at radius 2 is 2.19 bits per heavy atom. The molecule has 0 aliphatic heterocycles. The molecule has 0 aromatic heterocycles. The molecule has 90 valence electrons. The molecule has 0 fully saturated rings. The van der Waals surface area contributed by atoms with Gasteiger partial charge in [-0.2, -0.15) is 0 Å². The topological polar surface area (TPSA) is 41.5 Å². The molecule has 0 aliphatic rings. The van der Waals surface area contributed by atoms with E-state index in [1.165, 1.54) is 0 Å². The number of hydrogen-bond acceptors (Lipinski definition) is 3. The quantitative estimate of drug-likeness (QED) is 0.769. The molecule has 0 aliphatic carbocycles. The largest absolute Gasteiger partial charge is 0.494 e. The van der Waals surface area contributed by atoms with Gasteiger partial charge in [0.1, 0.15) is 5.75 Å². The van der Waals surface area contributed by atoms with Gasteiger partial charge in [0.05, 0.1) is 13.2 Å². The maximum Gasteiger partial charge on any atom is 0.119 e. The van der Waals surface area contributed by atoms with Gasteiger partial charge in [0.25, 0.3) is 0 Å². The van der Waals surface area contributed by atoms with Crippen LogP contribution in [-0.4, -0.2) is 31.9 Å². The summed E-state index contributed by atoms with van der Waals surface area (Å²) in [5.41, 5.74) is 0.831. The van der Waals surface area contributed by atoms with Crippen molar-refractivity contribution in [1.29, 1.82) is 0 Å². The summed E-state index contributed by atoms with van der Waals surface area (Å²) in [7, 11) is 1.89. The molecule has 1 unspecified atom stereocenters. The van der Waals surface area contributed by atoms with Crippen LogP contribution >= 0.6 is 0 Å². The first-order valence-corrected chi connectivity index (χ1v) is 5.65. The van der Waals surface area contributed by atoms with Crippen LogP contribution in [0.25, 0.3) is 0 Å². The maximum atomic E-state index is 9.51. The van der Waals surface area contributed by atoms with Crippen molar-refractivity contribution in [2.75, 3.05) is 26.8 Å². The van der Waals surface area contributed by atoms with E-state index >= 15 is 0 Å². The van der Waals surface area contributed by atoms with Crippen molar-refractivity contribution in [1.82, 2.24) is 5.32 Å². The van der Waals surface area contributed by atoms with Gasteiger partial charge in [-0.3, -0.25) is 0 Å². The Labute approximate surface area is 97.4 Å². The van der Waals surface area contributed by atoms with E-state index in [9.17, 15) is 5.11 Å². The van der Waals surface area contributed by atoms with Crippen LogP contribution in [-0.2, 0) is 5.41 Å². The molecule has 0 heterocycles.